The minimum Gasteiger partial charge on any atom is -0.372 e. The number of amides is 2. The summed E-state index contributed by atoms with van der Waals surface area (Å²) in [5, 5.41) is 0. The Bertz CT molecular complexity index is 609. The lowest BCUT2D eigenvalue weighted by Gasteiger charge is -2.39. The fourth-order valence-electron chi connectivity index (χ4n) is 3.49. The van der Waals surface area contributed by atoms with E-state index >= 15 is 0 Å². The molecule has 3 heterocycles. The molecule has 0 radical (unpaired) electrons. The van der Waals surface area contributed by atoms with E-state index in [0.29, 0.717) is 26.2 Å². The summed E-state index contributed by atoms with van der Waals surface area (Å²) in [7, 11) is 0. The van der Waals surface area contributed by atoms with Gasteiger partial charge in [0.15, 0.2) is 0 Å². The molecular weight excluding hydrogens is 294 g/mol. The van der Waals surface area contributed by atoms with Crippen LogP contribution in [0.2, 0.25) is 0 Å². The maximum absolute atomic E-state index is 13.1. The van der Waals surface area contributed by atoms with Gasteiger partial charge in [-0.25, -0.2) is 0 Å². The van der Waals surface area contributed by atoms with Crippen LogP contribution in [0.3, 0.4) is 0 Å². The Balaban J connectivity index is 1.88. The molecule has 1 saturated heterocycles. The Morgan fingerprint density at radius 3 is 2.52 bits per heavy atom. The number of morpholine rings is 1. The lowest BCUT2D eigenvalue weighted by molar-refractivity contribution is -0.146. The smallest absolute Gasteiger partial charge is 0.233 e. The average Bonchev–Trinajstić information content (AvgIpc) is 2.52. The van der Waals surface area contributed by atoms with Crippen molar-refractivity contribution in [2.24, 2.45) is 0 Å². The number of pyridine rings is 1. The number of hydrogen-bond donors (Lipinski definition) is 0. The standard InChI is InChI=1S/C17H23N3O3/c1-11-7-20(8-12(2)23-11)17(22)15-10-19(13(3)21)9-14-5-4-6-18-16(14)15/h4-6,11-12,15H,7-10H2,1-3H3. The van der Waals surface area contributed by atoms with Crippen LogP contribution in [0, 0.1) is 0 Å². The summed E-state index contributed by atoms with van der Waals surface area (Å²) in [6.45, 7) is 7.60. The van der Waals surface area contributed by atoms with Crippen LogP contribution in [0.5, 0.6) is 0 Å². The van der Waals surface area contributed by atoms with Crippen LogP contribution in [0.15, 0.2) is 18.3 Å². The van der Waals surface area contributed by atoms with Crippen molar-refractivity contribution in [1.82, 2.24) is 14.8 Å². The second-order valence-corrected chi connectivity index (χ2v) is 6.50. The van der Waals surface area contributed by atoms with Gasteiger partial charge in [0.25, 0.3) is 0 Å². The molecule has 0 bridgehead atoms. The molecule has 6 nitrogen and oxygen atoms in total. The van der Waals surface area contributed by atoms with E-state index in [2.05, 4.69) is 4.98 Å². The first kappa shape index (κ1) is 15.9. The topological polar surface area (TPSA) is 62.7 Å². The van der Waals surface area contributed by atoms with Crippen molar-refractivity contribution >= 4 is 11.8 Å². The molecular formula is C17H23N3O3. The molecule has 2 amide bonds. The van der Waals surface area contributed by atoms with Gasteiger partial charge in [-0.15, -0.1) is 0 Å². The predicted molar refractivity (Wildman–Crippen MR) is 84.7 cm³/mol. The second kappa shape index (κ2) is 6.28. The van der Waals surface area contributed by atoms with E-state index in [9.17, 15) is 9.59 Å². The molecule has 1 fully saturated rings. The lowest BCUT2D eigenvalue weighted by atomic mass is 9.93. The van der Waals surface area contributed by atoms with E-state index in [1.54, 1.807) is 18.0 Å². The van der Waals surface area contributed by atoms with Crippen molar-refractivity contribution in [2.75, 3.05) is 19.6 Å². The summed E-state index contributed by atoms with van der Waals surface area (Å²) in [5.41, 5.74) is 1.77. The minimum atomic E-state index is -0.388. The molecule has 124 valence electrons. The number of carbonyl (C=O) groups excluding carboxylic acids is 2. The number of nitrogens with zero attached hydrogens (tertiary/aromatic N) is 3. The summed E-state index contributed by atoms with van der Waals surface area (Å²) in [4.78, 5) is 32.9. The van der Waals surface area contributed by atoms with Gasteiger partial charge in [0, 0.05) is 39.3 Å². The van der Waals surface area contributed by atoms with Crippen molar-refractivity contribution in [1.29, 1.82) is 0 Å². The summed E-state index contributed by atoms with van der Waals surface area (Å²) < 4.78 is 5.71. The van der Waals surface area contributed by atoms with Gasteiger partial charge >= 0.3 is 0 Å². The molecule has 0 saturated carbocycles. The van der Waals surface area contributed by atoms with E-state index in [1.165, 1.54) is 0 Å². The van der Waals surface area contributed by atoms with E-state index in [-0.39, 0.29) is 29.9 Å². The van der Waals surface area contributed by atoms with Crippen LogP contribution in [-0.4, -0.2) is 58.4 Å². The van der Waals surface area contributed by atoms with E-state index in [4.69, 9.17) is 4.74 Å². The highest BCUT2D eigenvalue weighted by molar-refractivity contribution is 5.85. The van der Waals surface area contributed by atoms with Gasteiger partial charge in [-0.3, -0.25) is 14.6 Å². The number of hydrogen-bond acceptors (Lipinski definition) is 4. The third-order valence-corrected chi connectivity index (χ3v) is 4.50. The summed E-state index contributed by atoms with van der Waals surface area (Å²) in [6, 6.07) is 3.80. The third-order valence-electron chi connectivity index (χ3n) is 4.50. The Hall–Kier alpha value is -1.95. The predicted octanol–water partition coefficient (Wildman–Crippen LogP) is 1.16. The lowest BCUT2D eigenvalue weighted by Crippen LogP contribution is -2.52. The first-order valence-corrected chi connectivity index (χ1v) is 8.09. The quantitative estimate of drug-likeness (QED) is 0.780. The first-order valence-electron chi connectivity index (χ1n) is 8.09. The highest BCUT2D eigenvalue weighted by atomic mass is 16.5. The molecule has 2 aliphatic heterocycles. The molecule has 6 heteroatoms. The molecule has 0 N–H and O–H groups in total. The van der Waals surface area contributed by atoms with Crippen LogP contribution < -0.4 is 0 Å². The van der Waals surface area contributed by atoms with Crippen molar-refractivity contribution in [3.63, 3.8) is 0 Å². The van der Waals surface area contributed by atoms with Crippen LogP contribution in [-0.2, 0) is 20.9 Å². The minimum absolute atomic E-state index is 0.0129. The number of ether oxygens (including phenoxy) is 1. The zero-order chi connectivity index (χ0) is 16.6. The molecule has 2 aliphatic rings. The molecule has 1 aromatic heterocycles. The number of rotatable bonds is 1. The van der Waals surface area contributed by atoms with Crippen LogP contribution in [0.4, 0.5) is 0 Å². The van der Waals surface area contributed by atoms with Gasteiger partial charge < -0.3 is 14.5 Å². The SMILES string of the molecule is CC(=O)N1Cc2cccnc2C(C(=O)N2CC(C)OC(C)C2)C1. The molecule has 0 spiro atoms. The fourth-order valence-corrected chi connectivity index (χ4v) is 3.49. The maximum Gasteiger partial charge on any atom is 0.233 e. The van der Waals surface area contributed by atoms with Crippen LogP contribution in [0.1, 0.15) is 37.9 Å². The Labute approximate surface area is 136 Å². The van der Waals surface area contributed by atoms with Gasteiger partial charge in [0.05, 0.1) is 23.8 Å². The summed E-state index contributed by atoms with van der Waals surface area (Å²) in [5.74, 6) is -0.361. The van der Waals surface area contributed by atoms with Gasteiger partial charge in [-0.1, -0.05) is 6.07 Å². The highest BCUT2D eigenvalue weighted by Crippen LogP contribution is 2.29. The molecule has 3 unspecified atom stereocenters. The van der Waals surface area contributed by atoms with Crippen molar-refractivity contribution in [3.05, 3.63) is 29.6 Å². The second-order valence-electron chi connectivity index (χ2n) is 6.50. The third kappa shape index (κ3) is 3.22. The number of aromatic nitrogens is 1. The van der Waals surface area contributed by atoms with Crippen LogP contribution >= 0.6 is 0 Å². The summed E-state index contributed by atoms with van der Waals surface area (Å²) in [6.07, 6.45) is 1.77. The Morgan fingerprint density at radius 1 is 1.17 bits per heavy atom. The first-order chi connectivity index (χ1) is 11.0. The van der Waals surface area contributed by atoms with Gasteiger partial charge in [0.1, 0.15) is 0 Å². The number of fused-ring (bicyclic) bond motifs is 1. The van der Waals surface area contributed by atoms with Crippen LogP contribution in [0.25, 0.3) is 0 Å². The van der Waals surface area contributed by atoms with E-state index < -0.39 is 0 Å². The van der Waals surface area contributed by atoms with E-state index in [0.717, 1.165) is 11.3 Å². The van der Waals surface area contributed by atoms with E-state index in [1.807, 2.05) is 30.9 Å². The average molecular weight is 317 g/mol. The highest BCUT2D eigenvalue weighted by Gasteiger charge is 2.37. The number of carbonyl (C=O) groups is 2. The largest absolute Gasteiger partial charge is 0.372 e. The Kier molecular flexibility index (Phi) is 4.35. The molecule has 3 atom stereocenters. The molecule has 3 rings (SSSR count). The van der Waals surface area contributed by atoms with Crippen molar-refractivity contribution in [3.8, 4) is 0 Å². The summed E-state index contributed by atoms with van der Waals surface area (Å²) >= 11 is 0. The molecule has 23 heavy (non-hydrogen) atoms. The van der Waals surface area contributed by atoms with Crippen molar-refractivity contribution in [2.45, 2.75) is 45.4 Å². The maximum atomic E-state index is 13.1. The molecule has 0 aromatic carbocycles. The monoisotopic (exact) mass is 317 g/mol. The normalized spacial score (nSPS) is 27.5. The molecule has 0 aliphatic carbocycles. The molecule has 1 aromatic rings. The van der Waals surface area contributed by atoms with Crippen molar-refractivity contribution < 1.29 is 14.3 Å². The zero-order valence-electron chi connectivity index (χ0n) is 13.9. The zero-order valence-corrected chi connectivity index (χ0v) is 13.9. The Morgan fingerprint density at radius 2 is 1.87 bits per heavy atom. The van der Waals surface area contributed by atoms with Gasteiger partial charge in [0.2, 0.25) is 11.8 Å². The van der Waals surface area contributed by atoms with Gasteiger partial charge in [-0.2, -0.15) is 0 Å². The van der Waals surface area contributed by atoms with Gasteiger partial charge in [-0.05, 0) is 25.5 Å². The fraction of sp³-hybridized carbons (Fsp3) is 0.588.